The number of methoxy groups -OCH3 is 1. The molecule has 136 valence electrons. The number of nitrogens with zero attached hydrogens (tertiary/aromatic N) is 2. The summed E-state index contributed by atoms with van der Waals surface area (Å²) >= 11 is 6.45. The van der Waals surface area contributed by atoms with Crippen LogP contribution in [0.1, 0.15) is 42.3 Å². The molecule has 1 aliphatic rings. The molecule has 0 unspecified atom stereocenters. The van der Waals surface area contributed by atoms with Gasteiger partial charge in [-0.05, 0) is 56.8 Å². The lowest BCUT2D eigenvalue weighted by molar-refractivity contribution is 0.303. The fraction of sp³-hybridized carbons (Fsp3) is 0.526. The van der Waals surface area contributed by atoms with Crippen LogP contribution in [0.4, 0.5) is 0 Å². The first-order valence-corrected chi connectivity index (χ1v) is 9.23. The van der Waals surface area contributed by atoms with Gasteiger partial charge in [-0.15, -0.1) is 0 Å². The van der Waals surface area contributed by atoms with Crippen LogP contribution in [0.15, 0.2) is 12.1 Å². The number of rotatable bonds is 7. The van der Waals surface area contributed by atoms with E-state index in [-0.39, 0.29) is 0 Å². The molecule has 1 aliphatic carbocycles. The normalized spacial score (nSPS) is 13.8. The molecule has 1 heterocycles. The summed E-state index contributed by atoms with van der Waals surface area (Å²) in [6, 6.07) is 3.80. The van der Waals surface area contributed by atoms with E-state index in [1.54, 1.807) is 7.11 Å². The molecule has 5 nitrogen and oxygen atoms in total. The monoisotopic (exact) mass is 363 g/mol. The molecule has 0 spiro atoms. The van der Waals surface area contributed by atoms with Gasteiger partial charge in [0.1, 0.15) is 0 Å². The molecule has 25 heavy (non-hydrogen) atoms. The van der Waals surface area contributed by atoms with Crippen LogP contribution in [-0.4, -0.2) is 35.9 Å². The number of aryl methyl sites for hydroxylation is 1. The van der Waals surface area contributed by atoms with Crippen molar-refractivity contribution in [1.29, 1.82) is 0 Å². The van der Waals surface area contributed by atoms with E-state index in [1.807, 2.05) is 19.1 Å². The standard InChI is InChI=1S/C19H26ClN3O2/c1-4-25-19-10-15(20)13(9-18(19)24-3)11-23(2)12-17-14-7-5-6-8-16(14)21-22-17/h9-10H,4-8,11-12H2,1-3H3,(H,21,22). The van der Waals surface area contributed by atoms with Crippen LogP contribution in [-0.2, 0) is 25.9 Å². The Hall–Kier alpha value is -1.72. The Morgan fingerprint density at radius 1 is 1.20 bits per heavy atom. The second-order valence-electron chi connectivity index (χ2n) is 6.53. The van der Waals surface area contributed by atoms with E-state index in [0.717, 1.165) is 37.2 Å². The number of halogens is 1. The van der Waals surface area contributed by atoms with Crippen molar-refractivity contribution in [3.05, 3.63) is 39.7 Å². The lowest BCUT2D eigenvalue weighted by Crippen LogP contribution is -2.19. The molecule has 1 N–H and O–H groups in total. The highest BCUT2D eigenvalue weighted by atomic mass is 35.5. The van der Waals surface area contributed by atoms with E-state index in [2.05, 4.69) is 22.1 Å². The zero-order chi connectivity index (χ0) is 17.8. The highest BCUT2D eigenvalue weighted by Crippen LogP contribution is 2.34. The Kier molecular flexibility index (Phi) is 5.86. The second-order valence-corrected chi connectivity index (χ2v) is 6.94. The van der Waals surface area contributed by atoms with E-state index in [1.165, 1.54) is 24.1 Å². The van der Waals surface area contributed by atoms with Crippen molar-refractivity contribution in [3.63, 3.8) is 0 Å². The lowest BCUT2D eigenvalue weighted by Gasteiger charge is -2.19. The fourth-order valence-electron chi connectivity index (χ4n) is 3.41. The molecule has 0 amide bonds. The highest BCUT2D eigenvalue weighted by molar-refractivity contribution is 6.31. The number of aromatic amines is 1. The second kappa shape index (κ2) is 8.11. The Morgan fingerprint density at radius 2 is 2.00 bits per heavy atom. The molecule has 1 aromatic heterocycles. The molecule has 6 heteroatoms. The molecule has 0 saturated carbocycles. The summed E-state index contributed by atoms with van der Waals surface area (Å²) in [6.07, 6.45) is 4.76. The van der Waals surface area contributed by atoms with Crippen LogP contribution >= 0.6 is 11.6 Å². The van der Waals surface area contributed by atoms with Crippen LogP contribution in [0.25, 0.3) is 0 Å². The third-order valence-corrected chi connectivity index (χ3v) is 4.99. The highest BCUT2D eigenvalue weighted by Gasteiger charge is 2.18. The predicted molar refractivity (Wildman–Crippen MR) is 99.6 cm³/mol. The summed E-state index contributed by atoms with van der Waals surface area (Å²) in [7, 11) is 3.73. The number of hydrogen-bond donors (Lipinski definition) is 1. The Bertz CT molecular complexity index is 730. The van der Waals surface area contributed by atoms with Crippen molar-refractivity contribution < 1.29 is 9.47 Å². The minimum Gasteiger partial charge on any atom is -0.493 e. The fourth-order valence-corrected chi connectivity index (χ4v) is 3.62. The van der Waals surface area contributed by atoms with Crippen LogP contribution in [0.3, 0.4) is 0 Å². The summed E-state index contributed by atoms with van der Waals surface area (Å²) in [6.45, 7) is 4.05. The Labute approximate surface area is 154 Å². The maximum Gasteiger partial charge on any atom is 0.162 e. The molecule has 0 atom stereocenters. The third kappa shape index (κ3) is 4.10. The molecular formula is C19H26ClN3O2. The van der Waals surface area contributed by atoms with Gasteiger partial charge in [0.05, 0.1) is 19.4 Å². The van der Waals surface area contributed by atoms with Gasteiger partial charge in [-0.2, -0.15) is 5.10 Å². The molecule has 3 rings (SSSR count). The third-order valence-electron chi connectivity index (χ3n) is 4.63. The quantitative estimate of drug-likeness (QED) is 0.808. The summed E-state index contributed by atoms with van der Waals surface area (Å²) in [5.74, 6) is 1.40. The zero-order valence-corrected chi connectivity index (χ0v) is 15.9. The number of aromatic nitrogens is 2. The smallest absolute Gasteiger partial charge is 0.162 e. The van der Waals surface area contributed by atoms with Crippen molar-refractivity contribution >= 4 is 11.6 Å². The van der Waals surface area contributed by atoms with Gasteiger partial charge in [0.2, 0.25) is 0 Å². The van der Waals surface area contributed by atoms with Crippen molar-refractivity contribution in [3.8, 4) is 11.5 Å². The largest absolute Gasteiger partial charge is 0.493 e. The van der Waals surface area contributed by atoms with Crippen molar-refractivity contribution in [2.75, 3.05) is 20.8 Å². The van der Waals surface area contributed by atoms with Gasteiger partial charge in [-0.25, -0.2) is 0 Å². The van der Waals surface area contributed by atoms with Crippen molar-refractivity contribution in [2.24, 2.45) is 0 Å². The van der Waals surface area contributed by atoms with Crippen LogP contribution in [0, 0.1) is 0 Å². The number of H-pyrrole nitrogens is 1. The average molecular weight is 364 g/mol. The Morgan fingerprint density at radius 3 is 2.76 bits per heavy atom. The predicted octanol–water partition coefficient (Wildman–Crippen LogP) is 3.98. The SMILES string of the molecule is CCOc1cc(Cl)c(CN(C)Cc2n[nH]c3c2CCCC3)cc1OC. The maximum atomic E-state index is 6.45. The van der Waals surface area contributed by atoms with E-state index in [4.69, 9.17) is 21.1 Å². The summed E-state index contributed by atoms with van der Waals surface area (Å²) < 4.78 is 11.0. The topological polar surface area (TPSA) is 50.4 Å². The van der Waals surface area contributed by atoms with Crippen molar-refractivity contribution in [1.82, 2.24) is 15.1 Å². The van der Waals surface area contributed by atoms with Gasteiger partial charge in [-0.1, -0.05) is 11.6 Å². The molecule has 2 aromatic rings. The molecule has 0 saturated heterocycles. The van der Waals surface area contributed by atoms with Gasteiger partial charge in [-0.3, -0.25) is 10.00 Å². The minimum absolute atomic E-state index is 0.580. The van der Waals surface area contributed by atoms with Crippen LogP contribution in [0.2, 0.25) is 5.02 Å². The molecule has 0 bridgehead atoms. The number of nitrogens with one attached hydrogen (secondary N) is 1. The van der Waals surface area contributed by atoms with E-state index in [9.17, 15) is 0 Å². The van der Waals surface area contributed by atoms with Crippen molar-refractivity contribution in [2.45, 2.75) is 45.7 Å². The van der Waals surface area contributed by atoms with E-state index in [0.29, 0.717) is 23.1 Å². The van der Waals surface area contributed by atoms with Gasteiger partial charge in [0, 0.05) is 29.9 Å². The maximum absolute atomic E-state index is 6.45. The summed E-state index contributed by atoms with van der Waals surface area (Å²) in [5.41, 5.74) is 4.91. The van der Waals surface area contributed by atoms with E-state index < -0.39 is 0 Å². The molecule has 0 fully saturated rings. The molecule has 0 radical (unpaired) electrons. The van der Waals surface area contributed by atoms with Gasteiger partial charge in [0.25, 0.3) is 0 Å². The van der Waals surface area contributed by atoms with Gasteiger partial charge < -0.3 is 9.47 Å². The number of hydrogen-bond acceptors (Lipinski definition) is 4. The summed E-state index contributed by atoms with van der Waals surface area (Å²) in [5, 5.41) is 8.43. The van der Waals surface area contributed by atoms with Gasteiger partial charge >= 0.3 is 0 Å². The Balaban J connectivity index is 1.72. The minimum atomic E-state index is 0.580. The first-order valence-electron chi connectivity index (χ1n) is 8.85. The van der Waals surface area contributed by atoms with Gasteiger partial charge in [0.15, 0.2) is 11.5 Å². The lowest BCUT2D eigenvalue weighted by atomic mass is 9.96. The first kappa shape index (κ1) is 18.1. The molecule has 0 aliphatic heterocycles. The first-order chi connectivity index (χ1) is 12.1. The molecular weight excluding hydrogens is 338 g/mol. The summed E-state index contributed by atoms with van der Waals surface area (Å²) in [4.78, 5) is 2.23. The van der Waals surface area contributed by atoms with Crippen LogP contribution < -0.4 is 9.47 Å². The number of benzene rings is 1. The van der Waals surface area contributed by atoms with Crippen LogP contribution in [0.5, 0.6) is 11.5 Å². The zero-order valence-electron chi connectivity index (χ0n) is 15.2. The number of ether oxygens (including phenoxy) is 2. The molecule has 1 aromatic carbocycles. The number of fused-ring (bicyclic) bond motifs is 1. The van der Waals surface area contributed by atoms with E-state index >= 15 is 0 Å². The average Bonchev–Trinajstić information content (AvgIpc) is 3.00.